The highest BCUT2D eigenvalue weighted by Gasteiger charge is 2.13. The maximum Gasteiger partial charge on any atom is 0.162 e. The Kier molecular flexibility index (Phi) is 4.35. The standard InChI is InChI=1S/C16H18F2N2/c1-20(2)13-7-3-5-11(9-13)15(19)10-12-6-4-8-14(17)16(12)18/h3-9,15H,10,19H2,1-2H3. The molecule has 0 saturated heterocycles. The lowest BCUT2D eigenvalue weighted by atomic mass is 9.98. The first-order valence-electron chi connectivity index (χ1n) is 6.45. The molecule has 4 heteroatoms. The second-order valence-corrected chi connectivity index (χ2v) is 5.01. The highest BCUT2D eigenvalue weighted by molar-refractivity contribution is 5.48. The van der Waals surface area contributed by atoms with Crippen LogP contribution < -0.4 is 10.6 Å². The van der Waals surface area contributed by atoms with Gasteiger partial charge in [0.2, 0.25) is 0 Å². The quantitative estimate of drug-likeness (QED) is 0.928. The van der Waals surface area contributed by atoms with E-state index in [2.05, 4.69) is 0 Å². The van der Waals surface area contributed by atoms with Crippen LogP contribution in [0.3, 0.4) is 0 Å². The summed E-state index contributed by atoms with van der Waals surface area (Å²) in [5.74, 6) is -1.65. The Labute approximate surface area is 117 Å². The van der Waals surface area contributed by atoms with Crippen LogP contribution in [0.2, 0.25) is 0 Å². The summed E-state index contributed by atoms with van der Waals surface area (Å²) in [6.45, 7) is 0. The Morgan fingerprint density at radius 2 is 1.80 bits per heavy atom. The van der Waals surface area contributed by atoms with Crippen LogP contribution >= 0.6 is 0 Å². The first-order chi connectivity index (χ1) is 9.49. The molecule has 0 saturated carbocycles. The zero-order valence-electron chi connectivity index (χ0n) is 11.6. The van der Waals surface area contributed by atoms with Gasteiger partial charge in [0.1, 0.15) is 0 Å². The molecule has 2 rings (SSSR count). The van der Waals surface area contributed by atoms with Gasteiger partial charge in [-0.2, -0.15) is 0 Å². The van der Waals surface area contributed by atoms with E-state index in [4.69, 9.17) is 5.73 Å². The molecule has 0 spiro atoms. The van der Waals surface area contributed by atoms with E-state index < -0.39 is 11.6 Å². The van der Waals surface area contributed by atoms with Gasteiger partial charge in [-0.25, -0.2) is 8.78 Å². The minimum atomic E-state index is -0.836. The third-order valence-corrected chi connectivity index (χ3v) is 3.29. The van der Waals surface area contributed by atoms with E-state index >= 15 is 0 Å². The molecule has 0 amide bonds. The fourth-order valence-electron chi connectivity index (χ4n) is 2.09. The van der Waals surface area contributed by atoms with E-state index in [-0.39, 0.29) is 12.5 Å². The summed E-state index contributed by atoms with van der Waals surface area (Å²) in [4.78, 5) is 1.97. The van der Waals surface area contributed by atoms with Gasteiger partial charge in [0.05, 0.1) is 0 Å². The summed E-state index contributed by atoms with van der Waals surface area (Å²) < 4.78 is 26.8. The Balaban J connectivity index is 2.21. The Morgan fingerprint density at radius 1 is 1.10 bits per heavy atom. The molecule has 0 bridgehead atoms. The van der Waals surface area contributed by atoms with Crippen LogP contribution in [0.1, 0.15) is 17.2 Å². The molecular weight excluding hydrogens is 258 g/mol. The second kappa shape index (κ2) is 6.01. The zero-order valence-corrected chi connectivity index (χ0v) is 11.6. The fourth-order valence-corrected chi connectivity index (χ4v) is 2.09. The molecule has 0 aliphatic carbocycles. The van der Waals surface area contributed by atoms with E-state index in [1.807, 2.05) is 43.3 Å². The minimum absolute atomic E-state index is 0.264. The maximum absolute atomic E-state index is 13.6. The van der Waals surface area contributed by atoms with E-state index in [1.54, 1.807) is 6.07 Å². The van der Waals surface area contributed by atoms with Crippen LogP contribution in [-0.2, 0) is 6.42 Å². The van der Waals surface area contributed by atoms with E-state index in [0.29, 0.717) is 5.56 Å². The van der Waals surface area contributed by atoms with Crippen LogP contribution in [0.15, 0.2) is 42.5 Å². The number of nitrogens with zero attached hydrogens (tertiary/aromatic N) is 1. The molecule has 2 N–H and O–H groups in total. The average molecular weight is 276 g/mol. The fraction of sp³-hybridized carbons (Fsp3) is 0.250. The van der Waals surface area contributed by atoms with Crippen molar-refractivity contribution in [3.8, 4) is 0 Å². The normalized spacial score (nSPS) is 12.2. The molecule has 1 atom stereocenters. The molecule has 0 heterocycles. The van der Waals surface area contributed by atoms with Crippen LogP contribution in [0.5, 0.6) is 0 Å². The third-order valence-electron chi connectivity index (χ3n) is 3.29. The van der Waals surface area contributed by atoms with Crippen molar-refractivity contribution in [3.63, 3.8) is 0 Å². The number of halogens is 2. The van der Waals surface area contributed by atoms with Crippen molar-refractivity contribution in [2.75, 3.05) is 19.0 Å². The van der Waals surface area contributed by atoms with Crippen LogP contribution in [0.25, 0.3) is 0 Å². The molecule has 0 fully saturated rings. The Hall–Kier alpha value is -1.94. The van der Waals surface area contributed by atoms with Crippen molar-refractivity contribution in [2.45, 2.75) is 12.5 Å². The maximum atomic E-state index is 13.6. The molecule has 0 aromatic heterocycles. The van der Waals surface area contributed by atoms with Crippen LogP contribution in [0, 0.1) is 11.6 Å². The number of nitrogens with two attached hydrogens (primary N) is 1. The number of hydrogen-bond donors (Lipinski definition) is 1. The Bertz CT molecular complexity index is 597. The Morgan fingerprint density at radius 3 is 2.50 bits per heavy atom. The van der Waals surface area contributed by atoms with Gasteiger partial charge in [0.15, 0.2) is 11.6 Å². The number of benzene rings is 2. The summed E-state index contributed by atoms with van der Waals surface area (Å²) >= 11 is 0. The van der Waals surface area contributed by atoms with Crippen LogP contribution in [0.4, 0.5) is 14.5 Å². The summed E-state index contributed by atoms with van der Waals surface area (Å²) in [7, 11) is 3.88. The highest BCUT2D eigenvalue weighted by Crippen LogP contribution is 2.22. The first kappa shape index (κ1) is 14.5. The SMILES string of the molecule is CN(C)c1cccc(C(N)Cc2cccc(F)c2F)c1. The topological polar surface area (TPSA) is 29.3 Å². The van der Waals surface area contributed by atoms with E-state index in [1.165, 1.54) is 6.07 Å². The van der Waals surface area contributed by atoms with Crippen molar-refractivity contribution < 1.29 is 8.78 Å². The largest absolute Gasteiger partial charge is 0.378 e. The lowest BCUT2D eigenvalue weighted by Crippen LogP contribution is -2.16. The summed E-state index contributed by atoms with van der Waals surface area (Å²) in [5, 5.41) is 0. The number of anilines is 1. The van der Waals surface area contributed by atoms with Crippen molar-refractivity contribution >= 4 is 5.69 Å². The highest BCUT2D eigenvalue weighted by atomic mass is 19.2. The summed E-state index contributed by atoms with van der Waals surface area (Å²) in [5.41, 5.74) is 8.33. The number of hydrogen-bond acceptors (Lipinski definition) is 2. The van der Waals surface area contributed by atoms with Gasteiger partial charge in [-0.1, -0.05) is 24.3 Å². The summed E-state index contributed by atoms with van der Waals surface area (Å²) in [6, 6.07) is 11.5. The smallest absolute Gasteiger partial charge is 0.162 e. The van der Waals surface area contributed by atoms with Crippen LogP contribution in [-0.4, -0.2) is 14.1 Å². The molecule has 2 nitrogen and oxygen atoms in total. The second-order valence-electron chi connectivity index (χ2n) is 5.01. The van der Waals surface area contributed by atoms with Crippen molar-refractivity contribution in [1.82, 2.24) is 0 Å². The third kappa shape index (κ3) is 3.14. The zero-order chi connectivity index (χ0) is 14.7. The molecule has 2 aromatic rings. The summed E-state index contributed by atoms with van der Waals surface area (Å²) in [6.07, 6.45) is 0.264. The predicted molar refractivity (Wildman–Crippen MR) is 77.8 cm³/mol. The molecule has 106 valence electrons. The molecule has 0 radical (unpaired) electrons. The lowest BCUT2D eigenvalue weighted by molar-refractivity contribution is 0.494. The van der Waals surface area contributed by atoms with Crippen molar-refractivity contribution in [2.24, 2.45) is 5.73 Å². The molecule has 0 aliphatic rings. The number of rotatable bonds is 4. The van der Waals surface area contributed by atoms with Gasteiger partial charge in [-0.05, 0) is 35.7 Å². The van der Waals surface area contributed by atoms with Gasteiger partial charge >= 0.3 is 0 Å². The van der Waals surface area contributed by atoms with Crippen molar-refractivity contribution in [3.05, 3.63) is 65.2 Å². The molecule has 20 heavy (non-hydrogen) atoms. The lowest BCUT2D eigenvalue weighted by Gasteiger charge is -2.17. The average Bonchev–Trinajstić information content (AvgIpc) is 2.44. The predicted octanol–water partition coefficient (Wildman–Crippen LogP) is 3.27. The van der Waals surface area contributed by atoms with Crippen molar-refractivity contribution in [1.29, 1.82) is 0 Å². The minimum Gasteiger partial charge on any atom is -0.378 e. The first-order valence-corrected chi connectivity index (χ1v) is 6.45. The van der Waals surface area contributed by atoms with Gasteiger partial charge < -0.3 is 10.6 Å². The molecule has 0 aliphatic heterocycles. The van der Waals surface area contributed by atoms with E-state index in [9.17, 15) is 8.78 Å². The molecule has 1 unspecified atom stereocenters. The monoisotopic (exact) mass is 276 g/mol. The molecular formula is C16H18F2N2. The molecule has 2 aromatic carbocycles. The van der Waals surface area contributed by atoms with Gasteiger partial charge in [0, 0.05) is 25.8 Å². The van der Waals surface area contributed by atoms with E-state index in [0.717, 1.165) is 17.3 Å². The van der Waals surface area contributed by atoms with Gasteiger partial charge in [0.25, 0.3) is 0 Å². The van der Waals surface area contributed by atoms with Gasteiger partial charge in [-0.3, -0.25) is 0 Å². The van der Waals surface area contributed by atoms with Gasteiger partial charge in [-0.15, -0.1) is 0 Å².